The number of fused-ring (bicyclic) bond motifs is 1. The molecule has 0 aliphatic carbocycles. The molecule has 4 rings (SSSR count). The van der Waals surface area contributed by atoms with E-state index in [2.05, 4.69) is 20.4 Å². The van der Waals surface area contributed by atoms with Crippen molar-refractivity contribution in [1.29, 1.82) is 0 Å². The van der Waals surface area contributed by atoms with E-state index < -0.39 is 30.4 Å². The topological polar surface area (TPSA) is 72.2 Å². The second-order valence-electron chi connectivity index (χ2n) is 7.61. The first-order chi connectivity index (χ1) is 16.4. The van der Waals surface area contributed by atoms with Gasteiger partial charge >= 0.3 is 12.4 Å². The van der Waals surface area contributed by atoms with Crippen molar-refractivity contribution in [3.8, 4) is 22.5 Å². The Kier molecular flexibility index (Phi) is 6.22. The van der Waals surface area contributed by atoms with Crippen LogP contribution in [0, 0.1) is 0 Å². The van der Waals surface area contributed by atoms with Gasteiger partial charge in [0.25, 0.3) is 0 Å². The molecule has 12 heteroatoms. The Morgan fingerprint density at radius 3 is 2.49 bits per heavy atom. The number of carbonyl (C=O) groups excluding carboxylic acids is 1. The lowest BCUT2D eigenvalue weighted by atomic mass is 10.0. The minimum absolute atomic E-state index is 0.0308. The van der Waals surface area contributed by atoms with E-state index in [0.717, 1.165) is 6.20 Å². The molecule has 0 saturated heterocycles. The van der Waals surface area contributed by atoms with Gasteiger partial charge < -0.3 is 5.32 Å². The number of rotatable bonds is 5. The normalized spacial score (nSPS) is 12.2. The first-order valence-electron chi connectivity index (χ1n) is 10.3. The highest BCUT2D eigenvalue weighted by Crippen LogP contribution is 2.35. The number of imidazole rings is 1. The summed E-state index contributed by atoms with van der Waals surface area (Å²) in [7, 11) is 0. The number of amides is 1. The number of pyridine rings is 1. The maximum Gasteiger partial charge on any atom is 0.434 e. The van der Waals surface area contributed by atoms with Crippen molar-refractivity contribution in [3.05, 3.63) is 66.1 Å². The van der Waals surface area contributed by atoms with Crippen LogP contribution in [0.2, 0.25) is 0 Å². The molecular formula is C23H17F6N5O. The molecule has 182 valence electrons. The fourth-order valence-electron chi connectivity index (χ4n) is 3.54. The number of carbonyl (C=O) groups is 1. The lowest BCUT2D eigenvalue weighted by molar-refractivity contribution is -0.150. The molecule has 1 N–H and O–H groups in total. The number of aryl methyl sites for hydroxylation is 1. The Bertz CT molecular complexity index is 1390. The van der Waals surface area contributed by atoms with Crippen molar-refractivity contribution < 1.29 is 31.1 Å². The summed E-state index contributed by atoms with van der Waals surface area (Å²) in [5, 5.41) is 6.52. The Hall–Kier alpha value is -3.96. The third kappa shape index (κ3) is 5.42. The molecule has 0 unspecified atom stereocenters. The van der Waals surface area contributed by atoms with Crippen molar-refractivity contribution in [2.24, 2.45) is 0 Å². The minimum atomic E-state index is -4.67. The molecule has 3 aromatic heterocycles. The van der Waals surface area contributed by atoms with Gasteiger partial charge in [0.05, 0.1) is 17.6 Å². The quantitative estimate of drug-likeness (QED) is 0.350. The number of benzene rings is 1. The van der Waals surface area contributed by atoms with Crippen LogP contribution in [0.3, 0.4) is 0 Å². The van der Waals surface area contributed by atoms with Gasteiger partial charge in [-0.05, 0) is 42.3 Å². The van der Waals surface area contributed by atoms with Crippen LogP contribution < -0.4 is 5.32 Å². The van der Waals surface area contributed by atoms with Gasteiger partial charge in [-0.15, -0.1) is 0 Å². The van der Waals surface area contributed by atoms with E-state index in [-0.39, 0.29) is 16.9 Å². The van der Waals surface area contributed by atoms with Crippen molar-refractivity contribution in [2.75, 3.05) is 5.32 Å². The lowest BCUT2D eigenvalue weighted by Crippen LogP contribution is -2.21. The summed E-state index contributed by atoms with van der Waals surface area (Å²) in [5.74, 6) is -1.19. The summed E-state index contributed by atoms with van der Waals surface area (Å²) < 4.78 is 79.0. The third-order valence-corrected chi connectivity index (χ3v) is 5.09. The van der Waals surface area contributed by atoms with Gasteiger partial charge in [-0.1, -0.05) is 19.1 Å². The number of nitrogens with zero attached hydrogens (tertiary/aromatic N) is 4. The smallest absolute Gasteiger partial charge is 0.326 e. The summed E-state index contributed by atoms with van der Waals surface area (Å²) >= 11 is 0. The first kappa shape index (κ1) is 24.2. The zero-order valence-corrected chi connectivity index (χ0v) is 18.1. The largest absolute Gasteiger partial charge is 0.434 e. The number of hydrogen-bond donors (Lipinski definition) is 1. The predicted molar refractivity (Wildman–Crippen MR) is 115 cm³/mol. The molecule has 6 nitrogen and oxygen atoms in total. The van der Waals surface area contributed by atoms with Crippen LogP contribution in [-0.4, -0.2) is 31.7 Å². The van der Waals surface area contributed by atoms with Gasteiger partial charge in [-0.3, -0.25) is 9.78 Å². The van der Waals surface area contributed by atoms with Crippen molar-refractivity contribution >= 4 is 17.2 Å². The van der Waals surface area contributed by atoms with Crippen LogP contribution in [-0.2, 0) is 17.4 Å². The highest BCUT2D eigenvalue weighted by Gasteiger charge is 2.36. The first-order valence-corrected chi connectivity index (χ1v) is 10.3. The van der Waals surface area contributed by atoms with Crippen LogP contribution in [0.5, 0.6) is 0 Å². The predicted octanol–water partition coefficient (Wildman–Crippen LogP) is 5.93. The van der Waals surface area contributed by atoms with Crippen LogP contribution in [0.15, 0.2) is 54.9 Å². The number of anilines is 1. The molecule has 0 aliphatic rings. The molecule has 0 atom stereocenters. The molecule has 0 aliphatic heterocycles. The molecule has 1 aromatic carbocycles. The van der Waals surface area contributed by atoms with Crippen molar-refractivity contribution in [1.82, 2.24) is 19.6 Å². The van der Waals surface area contributed by atoms with Gasteiger partial charge in [0.15, 0.2) is 11.3 Å². The Morgan fingerprint density at radius 1 is 1.03 bits per heavy atom. The monoisotopic (exact) mass is 493 g/mol. The summed E-state index contributed by atoms with van der Waals surface area (Å²) in [6.45, 7) is 1.79. The van der Waals surface area contributed by atoms with E-state index in [9.17, 15) is 31.1 Å². The van der Waals surface area contributed by atoms with E-state index >= 15 is 0 Å². The second kappa shape index (κ2) is 9.01. The van der Waals surface area contributed by atoms with E-state index in [1.54, 1.807) is 19.1 Å². The second-order valence-corrected chi connectivity index (χ2v) is 7.61. The van der Waals surface area contributed by atoms with Crippen LogP contribution in [0.25, 0.3) is 28.2 Å². The van der Waals surface area contributed by atoms with Gasteiger partial charge in [0.2, 0.25) is 5.91 Å². The van der Waals surface area contributed by atoms with Crippen LogP contribution >= 0.6 is 0 Å². The molecule has 0 bridgehead atoms. The van der Waals surface area contributed by atoms with Crippen LogP contribution in [0.4, 0.5) is 32.0 Å². The number of hydrogen-bond acceptors (Lipinski definition) is 4. The molecule has 3 heterocycles. The van der Waals surface area contributed by atoms with Crippen molar-refractivity contribution in [3.63, 3.8) is 0 Å². The summed E-state index contributed by atoms with van der Waals surface area (Å²) in [6.07, 6.45) is -7.93. The maximum atomic E-state index is 13.4. The van der Waals surface area contributed by atoms with E-state index in [0.29, 0.717) is 28.9 Å². The standard InChI is InChI=1S/C23H17F6N5O/c1-2-13-5-6-14(10-17(13)32-20(35)11-22(24,25)26)18-12-34-19(31-18)8-7-16(33-34)15-4-3-9-30-21(15)23(27,28)29/h3-10,12H,2,11H2,1H3,(H,32,35). The number of halogens is 6. The highest BCUT2D eigenvalue weighted by atomic mass is 19.4. The Morgan fingerprint density at radius 2 is 1.80 bits per heavy atom. The van der Waals surface area contributed by atoms with E-state index in [4.69, 9.17) is 0 Å². The third-order valence-electron chi connectivity index (χ3n) is 5.09. The minimum Gasteiger partial charge on any atom is -0.326 e. The average Bonchev–Trinajstić information content (AvgIpc) is 3.20. The number of nitrogens with one attached hydrogen (secondary N) is 1. The molecule has 0 radical (unpaired) electrons. The van der Waals surface area contributed by atoms with Crippen molar-refractivity contribution in [2.45, 2.75) is 32.1 Å². The molecule has 0 fully saturated rings. The summed E-state index contributed by atoms with van der Waals surface area (Å²) in [4.78, 5) is 19.6. The fourth-order valence-corrected chi connectivity index (χ4v) is 3.54. The summed E-state index contributed by atoms with van der Waals surface area (Å²) in [5.41, 5.74) is 0.798. The molecule has 1 amide bonds. The molecule has 0 saturated carbocycles. The van der Waals surface area contributed by atoms with Crippen LogP contribution in [0.1, 0.15) is 24.6 Å². The summed E-state index contributed by atoms with van der Waals surface area (Å²) in [6, 6.07) is 10.4. The van der Waals surface area contributed by atoms with Gasteiger partial charge in [-0.25, -0.2) is 9.50 Å². The molecular weight excluding hydrogens is 476 g/mol. The van der Waals surface area contributed by atoms with E-state index in [1.807, 2.05) is 0 Å². The van der Waals surface area contributed by atoms with Gasteiger partial charge in [-0.2, -0.15) is 31.4 Å². The SMILES string of the molecule is CCc1ccc(-c2cn3nc(-c4cccnc4C(F)(F)F)ccc3n2)cc1NC(=O)CC(F)(F)F. The van der Waals surface area contributed by atoms with Gasteiger partial charge in [0.1, 0.15) is 6.42 Å². The zero-order chi connectivity index (χ0) is 25.4. The maximum absolute atomic E-state index is 13.4. The molecule has 0 spiro atoms. The number of aromatic nitrogens is 4. The van der Waals surface area contributed by atoms with Gasteiger partial charge in [0, 0.05) is 23.0 Å². The lowest BCUT2D eigenvalue weighted by Gasteiger charge is -2.12. The number of alkyl halides is 6. The molecule has 35 heavy (non-hydrogen) atoms. The highest BCUT2D eigenvalue weighted by molar-refractivity contribution is 5.92. The fraction of sp³-hybridized carbons (Fsp3) is 0.217. The Balaban J connectivity index is 1.70. The van der Waals surface area contributed by atoms with E-state index in [1.165, 1.54) is 41.0 Å². The Labute approximate surface area is 194 Å². The average molecular weight is 493 g/mol. The molecule has 4 aromatic rings. The zero-order valence-electron chi connectivity index (χ0n) is 18.1.